The number of amides is 2. The van der Waals surface area contributed by atoms with Gasteiger partial charge in [0.15, 0.2) is 0 Å². The van der Waals surface area contributed by atoms with Gasteiger partial charge in [-0.1, -0.05) is 42.5 Å². The van der Waals surface area contributed by atoms with Crippen LogP contribution in [0.4, 0.5) is 4.79 Å². The number of carbonyl (C=O) groups is 2. The van der Waals surface area contributed by atoms with Crippen LogP contribution in [0.1, 0.15) is 24.8 Å². The van der Waals surface area contributed by atoms with Crippen molar-refractivity contribution in [2.24, 2.45) is 5.92 Å². The number of nitrogens with zero attached hydrogens (tertiary/aromatic N) is 1. The van der Waals surface area contributed by atoms with Gasteiger partial charge in [0.2, 0.25) is 0 Å². The van der Waals surface area contributed by atoms with Gasteiger partial charge in [0.05, 0.1) is 12.0 Å². The highest BCUT2D eigenvalue weighted by atomic mass is 16.4. The van der Waals surface area contributed by atoms with E-state index in [0.717, 1.165) is 32.5 Å². The predicted molar refractivity (Wildman–Crippen MR) is 95.1 cm³/mol. The van der Waals surface area contributed by atoms with Gasteiger partial charge >= 0.3 is 12.0 Å². The third-order valence-electron chi connectivity index (χ3n) is 4.81. The molecule has 2 aliphatic rings. The van der Waals surface area contributed by atoms with Gasteiger partial charge in [0.25, 0.3) is 0 Å². The van der Waals surface area contributed by atoms with E-state index in [9.17, 15) is 9.59 Å². The van der Waals surface area contributed by atoms with Crippen LogP contribution in [-0.2, 0) is 11.3 Å². The molecule has 3 atom stereocenters. The molecule has 6 heteroatoms. The van der Waals surface area contributed by atoms with Crippen LogP contribution >= 0.6 is 0 Å². The first kappa shape index (κ1) is 17.5. The first-order valence-electron chi connectivity index (χ1n) is 8.84. The van der Waals surface area contributed by atoms with Crippen molar-refractivity contribution in [1.29, 1.82) is 0 Å². The SMILES string of the molecule is O=C(NC1C=CC(C(=O)O)C1)NC1CCCN(Cc2ccccc2)C1. The number of likely N-dealkylation sites (tertiary alicyclic amines) is 1. The molecule has 1 aliphatic carbocycles. The number of carboxylic acid groups (broad SMARTS) is 1. The van der Waals surface area contributed by atoms with Crippen molar-refractivity contribution >= 4 is 12.0 Å². The monoisotopic (exact) mass is 343 g/mol. The Morgan fingerprint density at radius 3 is 2.68 bits per heavy atom. The lowest BCUT2D eigenvalue weighted by atomic mass is 10.0. The zero-order valence-electron chi connectivity index (χ0n) is 14.2. The molecule has 0 saturated carbocycles. The zero-order chi connectivity index (χ0) is 17.6. The second-order valence-electron chi connectivity index (χ2n) is 6.85. The Morgan fingerprint density at radius 1 is 1.16 bits per heavy atom. The van der Waals surface area contributed by atoms with Gasteiger partial charge in [0.1, 0.15) is 0 Å². The maximum absolute atomic E-state index is 12.2. The van der Waals surface area contributed by atoms with E-state index in [1.165, 1.54) is 5.56 Å². The van der Waals surface area contributed by atoms with Crippen LogP contribution in [-0.4, -0.2) is 47.2 Å². The summed E-state index contributed by atoms with van der Waals surface area (Å²) in [6.07, 6.45) is 5.86. The van der Waals surface area contributed by atoms with E-state index >= 15 is 0 Å². The quantitative estimate of drug-likeness (QED) is 0.714. The van der Waals surface area contributed by atoms with Crippen LogP contribution in [0.5, 0.6) is 0 Å². The van der Waals surface area contributed by atoms with Crippen LogP contribution in [0, 0.1) is 5.92 Å². The molecule has 0 bridgehead atoms. The lowest BCUT2D eigenvalue weighted by Gasteiger charge is -2.33. The number of urea groups is 1. The van der Waals surface area contributed by atoms with Crippen LogP contribution < -0.4 is 10.6 Å². The fraction of sp³-hybridized carbons (Fsp3) is 0.474. The van der Waals surface area contributed by atoms with Gasteiger partial charge in [-0.2, -0.15) is 0 Å². The smallest absolute Gasteiger partial charge is 0.315 e. The highest BCUT2D eigenvalue weighted by molar-refractivity contribution is 5.76. The van der Waals surface area contributed by atoms with Gasteiger partial charge in [-0.05, 0) is 31.4 Å². The molecule has 1 aromatic carbocycles. The molecule has 0 radical (unpaired) electrons. The molecule has 1 saturated heterocycles. The summed E-state index contributed by atoms with van der Waals surface area (Å²) in [4.78, 5) is 25.5. The lowest BCUT2D eigenvalue weighted by molar-refractivity contribution is -0.140. The topological polar surface area (TPSA) is 81.7 Å². The Balaban J connectivity index is 1.44. The van der Waals surface area contributed by atoms with Crippen molar-refractivity contribution in [3.63, 3.8) is 0 Å². The molecule has 6 nitrogen and oxygen atoms in total. The largest absolute Gasteiger partial charge is 0.481 e. The molecule has 0 aromatic heterocycles. The molecule has 1 aromatic rings. The van der Waals surface area contributed by atoms with E-state index in [0.29, 0.717) is 6.42 Å². The Bertz CT molecular complexity index is 632. The first-order chi connectivity index (χ1) is 12.1. The fourth-order valence-corrected chi connectivity index (χ4v) is 3.54. The molecule has 3 N–H and O–H groups in total. The summed E-state index contributed by atoms with van der Waals surface area (Å²) in [6, 6.07) is 10.0. The number of aliphatic carboxylic acids is 1. The van der Waals surface area contributed by atoms with Crippen LogP contribution in [0.25, 0.3) is 0 Å². The number of carboxylic acids is 1. The number of hydrogen-bond donors (Lipinski definition) is 3. The number of rotatable bonds is 5. The second-order valence-corrected chi connectivity index (χ2v) is 6.85. The summed E-state index contributed by atoms with van der Waals surface area (Å²) >= 11 is 0. The maximum Gasteiger partial charge on any atom is 0.315 e. The molecule has 3 rings (SSSR count). The van der Waals surface area contributed by atoms with E-state index in [-0.39, 0.29) is 18.1 Å². The van der Waals surface area contributed by atoms with E-state index in [1.54, 1.807) is 12.2 Å². The molecule has 2 amide bonds. The van der Waals surface area contributed by atoms with Gasteiger partial charge in [-0.25, -0.2) is 4.79 Å². The summed E-state index contributed by atoms with van der Waals surface area (Å²) in [6.45, 7) is 2.77. The third kappa shape index (κ3) is 5.06. The summed E-state index contributed by atoms with van der Waals surface area (Å²) in [7, 11) is 0. The normalized spacial score (nSPS) is 26.3. The average molecular weight is 343 g/mol. The molecule has 0 spiro atoms. The number of piperidine rings is 1. The Hall–Kier alpha value is -2.34. The number of carbonyl (C=O) groups excluding carboxylic acids is 1. The third-order valence-corrected chi connectivity index (χ3v) is 4.81. The van der Waals surface area contributed by atoms with Crippen molar-refractivity contribution in [1.82, 2.24) is 15.5 Å². The molecule has 25 heavy (non-hydrogen) atoms. The average Bonchev–Trinajstić information content (AvgIpc) is 3.05. The fourth-order valence-electron chi connectivity index (χ4n) is 3.54. The summed E-state index contributed by atoms with van der Waals surface area (Å²) in [5.41, 5.74) is 1.28. The Morgan fingerprint density at radius 2 is 1.96 bits per heavy atom. The van der Waals surface area contributed by atoms with Crippen LogP contribution in [0.3, 0.4) is 0 Å². The van der Waals surface area contributed by atoms with Gasteiger partial charge < -0.3 is 15.7 Å². The molecular formula is C19H25N3O3. The van der Waals surface area contributed by atoms with Crippen molar-refractivity contribution in [3.8, 4) is 0 Å². The van der Waals surface area contributed by atoms with E-state index < -0.39 is 11.9 Å². The van der Waals surface area contributed by atoms with E-state index in [1.807, 2.05) is 18.2 Å². The highest BCUT2D eigenvalue weighted by Gasteiger charge is 2.27. The Labute approximate surface area is 147 Å². The van der Waals surface area contributed by atoms with Crippen molar-refractivity contribution in [2.45, 2.75) is 37.9 Å². The molecule has 1 heterocycles. The minimum absolute atomic E-state index is 0.123. The van der Waals surface area contributed by atoms with Crippen LogP contribution in [0.15, 0.2) is 42.5 Å². The highest BCUT2D eigenvalue weighted by Crippen LogP contribution is 2.18. The zero-order valence-corrected chi connectivity index (χ0v) is 14.2. The van der Waals surface area contributed by atoms with Crippen molar-refractivity contribution in [2.75, 3.05) is 13.1 Å². The Kier molecular flexibility index (Phi) is 5.71. The van der Waals surface area contributed by atoms with Crippen molar-refractivity contribution in [3.05, 3.63) is 48.0 Å². The van der Waals surface area contributed by atoms with Crippen molar-refractivity contribution < 1.29 is 14.7 Å². The second kappa shape index (κ2) is 8.16. The van der Waals surface area contributed by atoms with Gasteiger partial charge in [-0.3, -0.25) is 9.69 Å². The van der Waals surface area contributed by atoms with Gasteiger partial charge in [-0.15, -0.1) is 0 Å². The molecule has 3 unspecified atom stereocenters. The number of hydrogen-bond acceptors (Lipinski definition) is 3. The van der Waals surface area contributed by atoms with E-state index in [2.05, 4.69) is 27.7 Å². The first-order valence-corrected chi connectivity index (χ1v) is 8.84. The number of nitrogens with one attached hydrogen (secondary N) is 2. The molecular weight excluding hydrogens is 318 g/mol. The molecule has 1 fully saturated rings. The number of benzene rings is 1. The molecule has 1 aliphatic heterocycles. The predicted octanol–water partition coefficient (Wildman–Crippen LogP) is 1.98. The standard InChI is InChI=1S/C19H25N3O3/c23-18(24)15-8-9-16(11-15)20-19(25)21-17-7-4-10-22(13-17)12-14-5-2-1-3-6-14/h1-3,5-6,8-9,15-17H,4,7,10-13H2,(H,23,24)(H2,20,21,25). The van der Waals surface area contributed by atoms with Crippen LogP contribution in [0.2, 0.25) is 0 Å². The molecule has 134 valence electrons. The minimum atomic E-state index is -0.843. The lowest BCUT2D eigenvalue weighted by Crippen LogP contribution is -2.51. The summed E-state index contributed by atoms with van der Waals surface area (Å²) in [5.74, 6) is -1.34. The summed E-state index contributed by atoms with van der Waals surface area (Å²) < 4.78 is 0. The minimum Gasteiger partial charge on any atom is -0.481 e. The summed E-state index contributed by atoms with van der Waals surface area (Å²) in [5, 5.41) is 14.9. The van der Waals surface area contributed by atoms with E-state index in [4.69, 9.17) is 5.11 Å². The maximum atomic E-state index is 12.2. The van der Waals surface area contributed by atoms with Gasteiger partial charge in [0, 0.05) is 19.1 Å².